The number of nitrogens with zero attached hydrogens (tertiary/aromatic N) is 2. The molecule has 3 rings (SSSR count). The van der Waals surface area contributed by atoms with Crippen molar-refractivity contribution in [3.05, 3.63) is 58.8 Å². The fraction of sp³-hybridized carbons (Fsp3) is 0.133. The molecule has 0 fully saturated rings. The summed E-state index contributed by atoms with van der Waals surface area (Å²) in [7, 11) is 1.93. The van der Waals surface area contributed by atoms with E-state index in [-0.39, 0.29) is 0 Å². The quantitative estimate of drug-likeness (QED) is 0.793. The number of hydrogen-bond donors (Lipinski definition) is 1. The zero-order valence-corrected chi connectivity index (χ0v) is 12.2. The number of anilines is 1. The van der Waals surface area contributed by atoms with E-state index in [9.17, 15) is 0 Å². The van der Waals surface area contributed by atoms with Crippen LogP contribution in [-0.4, -0.2) is 9.78 Å². The topological polar surface area (TPSA) is 29.9 Å². The van der Waals surface area contributed by atoms with Crippen molar-refractivity contribution < 1.29 is 0 Å². The molecule has 0 unspecified atom stereocenters. The summed E-state index contributed by atoms with van der Waals surface area (Å²) in [5, 5.41) is 10.2. The van der Waals surface area contributed by atoms with Gasteiger partial charge in [-0.2, -0.15) is 5.10 Å². The van der Waals surface area contributed by atoms with Crippen molar-refractivity contribution in [2.45, 2.75) is 6.54 Å². The first-order valence-corrected chi connectivity index (χ1v) is 6.93. The van der Waals surface area contributed by atoms with Crippen molar-refractivity contribution in [2.24, 2.45) is 7.05 Å². The minimum absolute atomic E-state index is 0.729. The van der Waals surface area contributed by atoms with Gasteiger partial charge in [0.05, 0.1) is 12.2 Å². The zero-order chi connectivity index (χ0) is 13.2. The lowest BCUT2D eigenvalue weighted by Crippen LogP contribution is -2.01. The second-order valence-corrected chi connectivity index (χ2v) is 5.33. The summed E-state index contributed by atoms with van der Waals surface area (Å²) in [4.78, 5) is 0. The van der Waals surface area contributed by atoms with E-state index in [0.717, 1.165) is 22.4 Å². The molecule has 3 aromatic rings. The van der Waals surface area contributed by atoms with Gasteiger partial charge in [-0.25, -0.2) is 0 Å². The first kappa shape index (κ1) is 12.2. The van der Waals surface area contributed by atoms with E-state index in [0.29, 0.717) is 0 Å². The van der Waals surface area contributed by atoms with E-state index in [2.05, 4.69) is 62.7 Å². The second-order valence-electron chi connectivity index (χ2n) is 4.47. The van der Waals surface area contributed by atoms with Crippen molar-refractivity contribution in [3.63, 3.8) is 0 Å². The van der Waals surface area contributed by atoms with Gasteiger partial charge in [-0.1, -0.05) is 40.2 Å². The third-order valence-electron chi connectivity index (χ3n) is 3.10. The van der Waals surface area contributed by atoms with Crippen molar-refractivity contribution in [1.82, 2.24) is 9.78 Å². The van der Waals surface area contributed by atoms with Crippen LogP contribution in [0.15, 0.2) is 53.1 Å². The zero-order valence-electron chi connectivity index (χ0n) is 10.6. The van der Waals surface area contributed by atoms with Crippen molar-refractivity contribution in [2.75, 3.05) is 5.32 Å². The lowest BCUT2D eigenvalue weighted by atomic mass is 10.1. The monoisotopic (exact) mass is 315 g/mol. The Morgan fingerprint density at radius 3 is 2.63 bits per heavy atom. The second kappa shape index (κ2) is 5.05. The number of benzene rings is 2. The molecule has 0 aliphatic carbocycles. The van der Waals surface area contributed by atoms with Crippen LogP contribution in [0.3, 0.4) is 0 Å². The van der Waals surface area contributed by atoms with Crippen LogP contribution >= 0.6 is 15.9 Å². The van der Waals surface area contributed by atoms with E-state index in [1.165, 1.54) is 10.8 Å². The Balaban J connectivity index is 1.91. The molecule has 0 radical (unpaired) electrons. The summed E-state index contributed by atoms with van der Waals surface area (Å²) in [6.07, 6.45) is 1.96. The molecule has 0 saturated heterocycles. The predicted molar refractivity (Wildman–Crippen MR) is 82.2 cm³/mol. The van der Waals surface area contributed by atoms with Gasteiger partial charge in [0.15, 0.2) is 0 Å². The minimum Gasteiger partial charge on any atom is -0.379 e. The van der Waals surface area contributed by atoms with Crippen LogP contribution in [0.25, 0.3) is 10.8 Å². The van der Waals surface area contributed by atoms with Gasteiger partial charge < -0.3 is 5.32 Å². The maximum Gasteiger partial charge on any atom is 0.0815 e. The van der Waals surface area contributed by atoms with Gasteiger partial charge in [-0.15, -0.1) is 0 Å². The molecule has 1 N–H and O–H groups in total. The van der Waals surface area contributed by atoms with Gasteiger partial charge in [0.25, 0.3) is 0 Å². The fourth-order valence-corrected chi connectivity index (χ4v) is 2.64. The molecule has 3 nitrogen and oxygen atoms in total. The Bertz CT molecular complexity index is 718. The third-order valence-corrected chi connectivity index (χ3v) is 3.79. The lowest BCUT2D eigenvalue weighted by molar-refractivity contribution is 0.747. The highest BCUT2D eigenvalue weighted by molar-refractivity contribution is 9.10. The lowest BCUT2D eigenvalue weighted by Gasteiger charge is -2.10. The number of hydrogen-bond acceptors (Lipinski definition) is 2. The van der Waals surface area contributed by atoms with E-state index in [1.807, 2.05) is 24.0 Å². The Labute approximate surface area is 120 Å². The maximum absolute atomic E-state index is 4.37. The van der Waals surface area contributed by atoms with Gasteiger partial charge in [-0.05, 0) is 23.6 Å². The number of aromatic nitrogens is 2. The molecule has 1 heterocycles. The van der Waals surface area contributed by atoms with Gasteiger partial charge in [0.1, 0.15) is 0 Å². The Morgan fingerprint density at radius 2 is 1.89 bits per heavy atom. The molecular weight excluding hydrogens is 302 g/mol. The fourth-order valence-electron chi connectivity index (χ4n) is 2.16. The van der Waals surface area contributed by atoms with Gasteiger partial charge in [0, 0.05) is 28.8 Å². The molecule has 0 aliphatic rings. The standard InChI is InChI=1S/C15H14BrN3/c1-19-9-8-11(18-19)10-17-15-7-6-14(16)12-4-2-3-5-13(12)15/h2-9,17H,10H2,1H3. The van der Waals surface area contributed by atoms with Crippen LogP contribution < -0.4 is 5.32 Å². The van der Waals surface area contributed by atoms with E-state index in [4.69, 9.17) is 0 Å². The maximum atomic E-state index is 4.37. The molecule has 19 heavy (non-hydrogen) atoms. The molecule has 0 atom stereocenters. The minimum atomic E-state index is 0.729. The molecular formula is C15H14BrN3. The average molecular weight is 316 g/mol. The van der Waals surface area contributed by atoms with Crippen molar-refractivity contribution in [1.29, 1.82) is 0 Å². The SMILES string of the molecule is Cn1ccc(CNc2ccc(Br)c3ccccc23)n1. The van der Waals surface area contributed by atoms with Crippen molar-refractivity contribution in [3.8, 4) is 0 Å². The number of halogens is 1. The molecule has 0 spiro atoms. The van der Waals surface area contributed by atoms with Crippen LogP contribution in [0.1, 0.15) is 5.69 Å². The normalized spacial score (nSPS) is 10.8. The van der Waals surface area contributed by atoms with Crippen LogP contribution in [0, 0.1) is 0 Å². The molecule has 0 aliphatic heterocycles. The Hall–Kier alpha value is -1.81. The number of fused-ring (bicyclic) bond motifs is 1. The summed E-state index contributed by atoms with van der Waals surface area (Å²) in [5.74, 6) is 0. The molecule has 0 amide bonds. The van der Waals surface area contributed by atoms with Crippen molar-refractivity contribution >= 4 is 32.4 Å². The average Bonchev–Trinajstić information content (AvgIpc) is 2.84. The Kier molecular flexibility index (Phi) is 3.25. The van der Waals surface area contributed by atoms with E-state index >= 15 is 0 Å². The molecule has 0 saturated carbocycles. The smallest absolute Gasteiger partial charge is 0.0815 e. The van der Waals surface area contributed by atoms with Gasteiger partial charge in [0.2, 0.25) is 0 Å². The van der Waals surface area contributed by atoms with E-state index < -0.39 is 0 Å². The first-order chi connectivity index (χ1) is 9.24. The predicted octanol–water partition coefficient (Wildman–Crippen LogP) is 3.95. The van der Waals surface area contributed by atoms with E-state index in [1.54, 1.807) is 0 Å². The van der Waals surface area contributed by atoms with Crippen LogP contribution in [0.5, 0.6) is 0 Å². The van der Waals surface area contributed by atoms with Crippen LogP contribution in [0.4, 0.5) is 5.69 Å². The molecule has 4 heteroatoms. The summed E-state index contributed by atoms with van der Waals surface area (Å²) in [6, 6.07) is 14.5. The molecule has 1 aromatic heterocycles. The number of nitrogens with one attached hydrogen (secondary N) is 1. The largest absolute Gasteiger partial charge is 0.379 e. The van der Waals surface area contributed by atoms with Crippen LogP contribution in [-0.2, 0) is 13.6 Å². The number of aryl methyl sites for hydroxylation is 1. The third kappa shape index (κ3) is 2.49. The first-order valence-electron chi connectivity index (χ1n) is 6.14. The Morgan fingerprint density at radius 1 is 1.11 bits per heavy atom. The number of rotatable bonds is 3. The summed E-state index contributed by atoms with van der Waals surface area (Å²) in [5.41, 5.74) is 2.17. The highest BCUT2D eigenvalue weighted by Gasteiger charge is 2.04. The summed E-state index contributed by atoms with van der Waals surface area (Å²) >= 11 is 3.59. The summed E-state index contributed by atoms with van der Waals surface area (Å²) < 4.78 is 2.93. The molecule has 2 aromatic carbocycles. The van der Waals surface area contributed by atoms with Gasteiger partial charge >= 0.3 is 0 Å². The highest BCUT2D eigenvalue weighted by atomic mass is 79.9. The molecule has 0 bridgehead atoms. The van der Waals surface area contributed by atoms with Gasteiger partial charge in [-0.3, -0.25) is 4.68 Å². The summed E-state index contributed by atoms with van der Waals surface area (Å²) in [6.45, 7) is 0.729. The molecule has 96 valence electrons. The highest BCUT2D eigenvalue weighted by Crippen LogP contribution is 2.30. The van der Waals surface area contributed by atoms with Crippen LogP contribution in [0.2, 0.25) is 0 Å².